The Hall–Kier alpha value is -2.68. The fourth-order valence-electron chi connectivity index (χ4n) is 2.76. The zero-order chi connectivity index (χ0) is 17.5. The van der Waals surface area contributed by atoms with E-state index in [4.69, 9.17) is 14.2 Å². The van der Waals surface area contributed by atoms with Gasteiger partial charge in [0.2, 0.25) is 5.75 Å². The van der Waals surface area contributed by atoms with Gasteiger partial charge in [0.1, 0.15) is 11.6 Å². The van der Waals surface area contributed by atoms with Gasteiger partial charge in [-0.1, -0.05) is 0 Å². The molecule has 0 unspecified atom stereocenters. The van der Waals surface area contributed by atoms with Crippen molar-refractivity contribution in [3.63, 3.8) is 0 Å². The molecule has 0 aromatic heterocycles. The molecule has 0 radical (unpaired) electrons. The third kappa shape index (κ3) is 3.80. The van der Waals surface area contributed by atoms with Gasteiger partial charge in [-0.15, -0.1) is 0 Å². The number of methoxy groups -OCH3 is 3. The van der Waals surface area contributed by atoms with Crippen molar-refractivity contribution in [2.24, 2.45) is 0 Å². The number of nitriles is 1. The molecule has 1 heterocycles. The third-order valence-corrected chi connectivity index (χ3v) is 3.99. The van der Waals surface area contributed by atoms with E-state index in [1.807, 2.05) is 6.07 Å². The molecule has 2 rings (SSSR count). The molecular weight excluding hydrogens is 308 g/mol. The number of amides is 1. The zero-order valence-electron chi connectivity index (χ0n) is 14.3. The van der Waals surface area contributed by atoms with Crippen molar-refractivity contribution < 1.29 is 19.0 Å². The Kier molecular flexibility index (Phi) is 6.07. The Labute approximate surface area is 142 Å². The van der Waals surface area contributed by atoms with Gasteiger partial charge in [0.15, 0.2) is 11.5 Å². The van der Waals surface area contributed by atoms with Crippen LogP contribution < -0.4 is 14.2 Å². The zero-order valence-corrected chi connectivity index (χ0v) is 14.3. The smallest absolute Gasteiger partial charge is 0.264 e. The van der Waals surface area contributed by atoms with Crippen LogP contribution in [0.5, 0.6) is 17.2 Å². The number of hydrogen-bond donors (Lipinski definition) is 0. The van der Waals surface area contributed by atoms with Gasteiger partial charge in [-0.25, -0.2) is 0 Å². The molecule has 0 spiro atoms. The van der Waals surface area contributed by atoms with Crippen molar-refractivity contribution in [3.8, 4) is 23.3 Å². The minimum atomic E-state index is -0.231. The van der Waals surface area contributed by atoms with Crippen molar-refractivity contribution >= 4 is 12.0 Å². The second-order valence-electron chi connectivity index (χ2n) is 5.48. The lowest BCUT2D eigenvalue weighted by atomic mass is 10.1. The molecule has 24 heavy (non-hydrogen) atoms. The first kappa shape index (κ1) is 17.7. The van der Waals surface area contributed by atoms with Gasteiger partial charge < -0.3 is 19.1 Å². The Morgan fingerprint density at radius 1 is 1.08 bits per heavy atom. The summed E-state index contributed by atoms with van der Waals surface area (Å²) in [6.07, 6.45) is 4.65. The maximum atomic E-state index is 12.5. The number of piperidine rings is 1. The molecule has 6 nitrogen and oxygen atoms in total. The molecule has 0 atom stereocenters. The summed E-state index contributed by atoms with van der Waals surface area (Å²) in [6, 6.07) is 5.43. The first-order chi connectivity index (χ1) is 11.6. The summed E-state index contributed by atoms with van der Waals surface area (Å²) in [5, 5.41) is 9.39. The highest BCUT2D eigenvalue weighted by Crippen LogP contribution is 2.38. The summed E-state index contributed by atoms with van der Waals surface area (Å²) in [7, 11) is 4.57. The second-order valence-corrected chi connectivity index (χ2v) is 5.48. The summed E-state index contributed by atoms with van der Waals surface area (Å²) in [5.41, 5.74) is 0.748. The molecule has 0 aliphatic carbocycles. The molecule has 1 aromatic carbocycles. The number of hydrogen-bond acceptors (Lipinski definition) is 5. The average Bonchev–Trinajstić information content (AvgIpc) is 2.65. The van der Waals surface area contributed by atoms with Crippen molar-refractivity contribution in [3.05, 3.63) is 23.3 Å². The van der Waals surface area contributed by atoms with E-state index in [-0.39, 0.29) is 11.5 Å². The fourth-order valence-corrected chi connectivity index (χ4v) is 2.76. The largest absolute Gasteiger partial charge is 0.493 e. The number of benzene rings is 1. The quantitative estimate of drug-likeness (QED) is 0.613. The Balaban J connectivity index is 2.36. The minimum Gasteiger partial charge on any atom is -0.493 e. The molecule has 1 fully saturated rings. The molecule has 0 bridgehead atoms. The number of nitrogens with zero attached hydrogens (tertiary/aromatic N) is 2. The monoisotopic (exact) mass is 330 g/mol. The number of carbonyl (C=O) groups is 1. The van der Waals surface area contributed by atoms with Crippen LogP contribution in [0.3, 0.4) is 0 Å². The first-order valence-electron chi connectivity index (χ1n) is 7.85. The van der Waals surface area contributed by atoms with Gasteiger partial charge in [-0.05, 0) is 43.0 Å². The molecule has 0 N–H and O–H groups in total. The van der Waals surface area contributed by atoms with Gasteiger partial charge in [0, 0.05) is 13.1 Å². The predicted octanol–water partition coefficient (Wildman–Crippen LogP) is 2.63. The maximum absolute atomic E-state index is 12.5. The Morgan fingerprint density at radius 3 is 2.12 bits per heavy atom. The van der Waals surface area contributed by atoms with Crippen LogP contribution in [0.25, 0.3) is 6.08 Å². The molecule has 1 saturated heterocycles. The lowest BCUT2D eigenvalue weighted by molar-refractivity contribution is -0.127. The van der Waals surface area contributed by atoms with Crippen LogP contribution in [0.1, 0.15) is 24.8 Å². The van der Waals surface area contributed by atoms with E-state index in [1.165, 1.54) is 21.3 Å². The van der Waals surface area contributed by atoms with Crippen molar-refractivity contribution in [2.45, 2.75) is 19.3 Å². The van der Waals surface area contributed by atoms with Crippen LogP contribution in [0, 0.1) is 11.3 Å². The summed E-state index contributed by atoms with van der Waals surface area (Å²) in [5.74, 6) is 1.19. The van der Waals surface area contributed by atoms with Crippen LogP contribution in [0.4, 0.5) is 0 Å². The molecule has 0 saturated carbocycles. The van der Waals surface area contributed by atoms with Crippen LogP contribution in [-0.2, 0) is 4.79 Å². The van der Waals surface area contributed by atoms with E-state index in [1.54, 1.807) is 23.1 Å². The van der Waals surface area contributed by atoms with E-state index < -0.39 is 0 Å². The standard InChI is InChI=1S/C18H22N2O4/c1-22-15-10-13(11-16(23-2)17(15)24-3)9-14(12-19)18(21)20-7-5-4-6-8-20/h9-11H,4-8H2,1-3H3. The van der Waals surface area contributed by atoms with Crippen molar-refractivity contribution in [1.82, 2.24) is 4.90 Å². The topological polar surface area (TPSA) is 71.8 Å². The average molecular weight is 330 g/mol. The highest BCUT2D eigenvalue weighted by molar-refractivity contribution is 6.01. The summed E-state index contributed by atoms with van der Waals surface area (Å²) < 4.78 is 15.9. The summed E-state index contributed by atoms with van der Waals surface area (Å²) >= 11 is 0. The van der Waals surface area contributed by atoms with Crippen LogP contribution in [-0.4, -0.2) is 45.2 Å². The van der Waals surface area contributed by atoms with E-state index in [0.717, 1.165) is 19.3 Å². The second kappa shape index (κ2) is 8.25. The van der Waals surface area contributed by atoms with Gasteiger partial charge >= 0.3 is 0 Å². The SMILES string of the molecule is COc1cc(C=C(C#N)C(=O)N2CCCCC2)cc(OC)c1OC. The molecule has 6 heteroatoms. The molecule has 1 aliphatic heterocycles. The first-order valence-corrected chi connectivity index (χ1v) is 7.85. The Morgan fingerprint density at radius 2 is 1.67 bits per heavy atom. The fraction of sp³-hybridized carbons (Fsp3) is 0.444. The molecule has 1 aliphatic rings. The van der Waals surface area contributed by atoms with Crippen molar-refractivity contribution in [1.29, 1.82) is 5.26 Å². The van der Waals surface area contributed by atoms with E-state index in [0.29, 0.717) is 35.9 Å². The predicted molar refractivity (Wildman–Crippen MR) is 90.1 cm³/mol. The van der Waals surface area contributed by atoms with Crippen LogP contribution in [0.2, 0.25) is 0 Å². The molecular formula is C18H22N2O4. The Bertz CT molecular complexity index is 645. The minimum absolute atomic E-state index is 0.103. The number of rotatable bonds is 5. The highest BCUT2D eigenvalue weighted by atomic mass is 16.5. The lowest BCUT2D eigenvalue weighted by Gasteiger charge is -2.26. The summed E-state index contributed by atoms with van der Waals surface area (Å²) in [4.78, 5) is 14.2. The highest BCUT2D eigenvalue weighted by Gasteiger charge is 2.21. The van der Waals surface area contributed by atoms with Crippen molar-refractivity contribution in [2.75, 3.05) is 34.4 Å². The molecule has 128 valence electrons. The van der Waals surface area contributed by atoms with E-state index in [9.17, 15) is 10.1 Å². The number of carbonyl (C=O) groups excluding carboxylic acids is 1. The van der Waals surface area contributed by atoms with Gasteiger partial charge in [0.05, 0.1) is 21.3 Å². The lowest BCUT2D eigenvalue weighted by Crippen LogP contribution is -2.36. The van der Waals surface area contributed by atoms with E-state index in [2.05, 4.69) is 0 Å². The molecule has 1 amide bonds. The van der Waals surface area contributed by atoms with Gasteiger partial charge in [-0.3, -0.25) is 4.79 Å². The van der Waals surface area contributed by atoms with Gasteiger partial charge in [-0.2, -0.15) is 5.26 Å². The number of ether oxygens (including phenoxy) is 3. The van der Waals surface area contributed by atoms with Gasteiger partial charge in [0.25, 0.3) is 5.91 Å². The van der Waals surface area contributed by atoms with Crippen LogP contribution in [0.15, 0.2) is 17.7 Å². The third-order valence-electron chi connectivity index (χ3n) is 3.99. The molecule has 1 aromatic rings. The maximum Gasteiger partial charge on any atom is 0.264 e. The van der Waals surface area contributed by atoms with E-state index >= 15 is 0 Å². The number of likely N-dealkylation sites (tertiary alicyclic amines) is 1. The summed E-state index contributed by atoms with van der Waals surface area (Å²) in [6.45, 7) is 1.40. The van der Waals surface area contributed by atoms with Crippen LogP contribution >= 0.6 is 0 Å². The normalized spacial score (nSPS) is 14.8.